The summed E-state index contributed by atoms with van der Waals surface area (Å²) in [6.45, 7) is 0. The zero-order valence-electron chi connectivity index (χ0n) is 8.64. The van der Waals surface area contributed by atoms with Gasteiger partial charge < -0.3 is 10.1 Å². The lowest BCUT2D eigenvalue weighted by Gasteiger charge is -2.04. The first kappa shape index (κ1) is 9.51. The van der Waals surface area contributed by atoms with Gasteiger partial charge in [-0.15, -0.1) is 0 Å². The van der Waals surface area contributed by atoms with Gasteiger partial charge in [-0.05, 0) is 0 Å². The van der Waals surface area contributed by atoms with Crippen molar-refractivity contribution in [3.05, 3.63) is 30.9 Å². The van der Waals surface area contributed by atoms with Crippen LogP contribution in [0, 0.1) is 0 Å². The number of pyridine rings is 1. The van der Waals surface area contributed by atoms with E-state index in [9.17, 15) is 0 Å². The lowest BCUT2D eigenvalue weighted by Crippen LogP contribution is -1.90. The Hall–Kier alpha value is -2.04. The van der Waals surface area contributed by atoms with Gasteiger partial charge in [0, 0.05) is 20.2 Å². The lowest BCUT2D eigenvalue weighted by molar-refractivity contribution is 0.480. The molecule has 0 aliphatic rings. The van der Waals surface area contributed by atoms with Crippen LogP contribution in [-0.4, -0.2) is 21.8 Å². The van der Waals surface area contributed by atoms with Crippen LogP contribution < -0.4 is 10.1 Å². The van der Waals surface area contributed by atoms with Gasteiger partial charge in [-0.1, -0.05) is 0 Å². The summed E-state index contributed by atoms with van der Waals surface area (Å²) in [5, 5.41) is 7.01. The molecule has 5 heteroatoms. The molecule has 2 aromatic rings. The standard InChI is InChI=1S/C10H12N4O/c1-11-8-3-9(5-12-4-8)15-10-6-13-14(2)7-10/h3-7,11H,1-2H3. The maximum absolute atomic E-state index is 5.56. The van der Waals surface area contributed by atoms with Crippen molar-refractivity contribution in [3.63, 3.8) is 0 Å². The number of aromatic nitrogens is 3. The maximum atomic E-state index is 5.56. The zero-order chi connectivity index (χ0) is 10.7. The molecule has 0 bridgehead atoms. The number of nitrogens with one attached hydrogen (secondary N) is 1. The molecule has 0 aliphatic carbocycles. The average Bonchev–Trinajstić information content (AvgIpc) is 2.64. The molecule has 15 heavy (non-hydrogen) atoms. The molecule has 1 N–H and O–H groups in total. The minimum Gasteiger partial charge on any atom is -0.452 e. The largest absolute Gasteiger partial charge is 0.452 e. The lowest BCUT2D eigenvalue weighted by atomic mass is 10.4. The first-order valence-electron chi connectivity index (χ1n) is 4.57. The van der Waals surface area contributed by atoms with Crippen molar-refractivity contribution in [1.82, 2.24) is 14.8 Å². The molecular weight excluding hydrogens is 192 g/mol. The van der Waals surface area contributed by atoms with Crippen LogP contribution in [0.15, 0.2) is 30.9 Å². The second kappa shape index (κ2) is 4.00. The van der Waals surface area contributed by atoms with Crippen molar-refractivity contribution in [1.29, 1.82) is 0 Å². The average molecular weight is 204 g/mol. The fourth-order valence-electron chi connectivity index (χ4n) is 1.20. The normalized spacial score (nSPS) is 10.0. The highest BCUT2D eigenvalue weighted by Crippen LogP contribution is 2.21. The van der Waals surface area contributed by atoms with Crippen LogP contribution in [0.4, 0.5) is 5.69 Å². The second-order valence-electron chi connectivity index (χ2n) is 3.11. The van der Waals surface area contributed by atoms with Crippen LogP contribution in [-0.2, 0) is 7.05 Å². The van der Waals surface area contributed by atoms with E-state index in [1.54, 1.807) is 29.5 Å². The minimum absolute atomic E-state index is 0.690. The van der Waals surface area contributed by atoms with E-state index in [1.165, 1.54) is 0 Å². The second-order valence-corrected chi connectivity index (χ2v) is 3.11. The third kappa shape index (κ3) is 2.25. The Morgan fingerprint density at radius 3 is 2.80 bits per heavy atom. The van der Waals surface area contributed by atoms with E-state index < -0.39 is 0 Å². The molecule has 0 spiro atoms. The highest BCUT2D eigenvalue weighted by Gasteiger charge is 2.00. The molecular formula is C10H12N4O. The highest BCUT2D eigenvalue weighted by molar-refractivity contribution is 5.45. The summed E-state index contributed by atoms with van der Waals surface area (Å²) in [5.74, 6) is 1.39. The van der Waals surface area contributed by atoms with Gasteiger partial charge in [0.15, 0.2) is 5.75 Å². The van der Waals surface area contributed by atoms with Crippen molar-refractivity contribution < 1.29 is 4.74 Å². The fourth-order valence-corrected chi connectivity index (χ4v) is 1.20. The molecule has 2 rings (SSSR count). The summed E-state index contributed by atoms with van der Waals surface area (Å²) < 4.78 is 7.24. The van der Waals surface area contributed by atoms with Crippen molar-refractivity contribution in [2.75, 3.05) is 12.4 Å². The van der Waals surface area contributed by atoms with Crippen LogP contribution >= 0.6 is 0 Å². The third-order valence-corrected chi connectivity index (χ3v) is 1.92. The maximum Gasteiger partial charge on any atom is 0.165 e. The molecule has 0 atom stereocenters. The van der Waals surface area contributed by atoms with Crippen LogP contribution in [0.1, 0.15) is 0 Å². The molecule has 0 amide bonds. The number of anilines is 1. The zero-order valence-corrected chi connectivity index (χ0v) is 8.64. The van der Waals surface area contributed by atoms with Gasteiger partial charge >= 0.3 is 0 Å². The van der Waals surface area contributed by atoms with E-state index in [2.05, 4.69) is 15.4 Å². The van der Waals surface area contributed by atoms with Gasteiger partial charge in [-0.2, -0.15) is 5.10 Å². The number of hydrogen-bond acceptors (Lipinski definition) is 4. The van der Waals surface area contributed by atoms with E-state index in [-0.39, 0.29) is 0 Å². The molecule has 0 fully saturated rings. The van der Waals surface area contributed by atoms with E-state index >= 15 is 0 Å². The monoisotopic (exact) mass is 204 g/mol. The van der Waals surface area contributed by atoms with Gasteiger partial charge in [-0.25, -0.2) is 0 Å². The van der Waals surface area contributed by atoms with Crippen LogP contribution in [0.2, 0.25) is 0 Å². The van der Waals surface area contributed by atoms with Gasteiger partial charge in [0.1, 0.15) is 5.75 Å². The Balaban J connectivity index is 2.16. The Labute approximate surface area is 87.7 Å². The van der Waals surface area contributed by atoms with E-state index in [1.807, 2.05) is 20.2 Å². The predicted octanol–water partition coefficient (Wildman–Crippen LogP) is 1.65. The summed E-state index contributed by atoms with van der Waals surface area (Å²) >= 11 is 0. The summed E-state index contributed by atoms with van der Waals surface area (Å²) in [6.07, 6.45) is 6.85. The van der Waals surface area contributed by atoms with Gasteiger partial charge in [0.05, 0.1) is 30.5 Å². The number of hydrogen-bond donors (Lipinski definition) is 1. The molecule has 0 saturated carbocycles. The SMILES string of the molecule is CNc1cncc(Oc2cnn(C)c2)c1. The number of nitrogens with zero attached hydrogens (tertiary/aromatic N) is 3. The van der Waals surface area contributed by atoms with Crippen molar-refractivity contribution in [2.24, 2.45) is 7.05 Å². The molecule has 78 valence electrons. The molecule has 2 heterocycles. The number of aryl methyl sites for hydroxylation is 1. The van der Waals surface area contributed by atoms with Crippen molar-refractivity contribution in [2.45, 2.75) is 0 Å². The summed E-state index contributed by atoms with van der Waals surface area (Å²) in [6, 6.07) is 1.88. The molecule has 5 nitrogen and oxygen atoms in total. The Morgan fingerprint density at radius 1 is 1.27 bits per heavy atom. The fraction of sp³-hybridized carbons (Fsp3) is 0.200. The molecule has 0 radical (unpaired) electrons. The van der Waals surface area contributed by atoms with Gasteiger partial charge in [0.25, 0.3) is 0 Å². The molecule has 0 saturated heterocycles. The molecule has 2 aromatic heterocycles. The summed E-state index contributed by atoms with van der Waals surface area (Å²) in [4.78, 5) is 4.04. The summed E-state index contributed by atoms with van der Waals surface area (Å²) in [5.41, 5.74) is 0.913. The van der Waals surface area contributed by atoms with Gasteiger partial charge in [-0.3, -0.25) is 9.67 Å². The topological polar surface area (TPSA) is 52.0 Å². The van der Waals surface area contributed by atoms with Crippen molar-refractivity contribution >= 4 is 5.69 Å². The Bertz CT molecular complexity index is 452. The number of rotatable bonds is 3. The Kier molecular flexibility index (Phi) is 2.53. The van der Waals surface area contributed by atoms with Crippen molar-refractivity contribution in [3.8, 4) is 11.5 Å². The van der Waals surface area contributed by atoms with Crippen LogP contribution in [0.3, 0.4) is 0 Å². The quantitative estimate of drug-likeness (QED) is 0.825. The van der Waals surface area contributed by atoms with E-state index in [0.29, 0.717) is 11.5 Å². The summed E-state index contributed by atoms with van der Waals surface area (Å²) in [7, 11) is 3.68. The van der Waals surface area contributed by atoms with Gasteiger partial charge in [0.2, 0.25) is 0 Å². The molecule has 0 aliphatic heterocycles. The highest BCUT2D eigenvalue weighted by atomic mass is 16.5. The molecule has 0 unspecified atom stereocenters. The first-order valence-corrected chi connectivity index (χ1v) is 4.57. The smallest absolute Gasteiger partial charge is 0.165 e. The third-order valence-electron chi connectivity index (χ3n) is 1.92. The first-order chi connectivity index (χ1) is 7.28. The van der Waals surface area contributed by atoms with Crippen LogP contribution in [0.5, 0.6) is 11.5 Å². The Morgan fingerprint density at radius 2 is 2.13 bits per heavy atom. The van der Waals surface area contributed by atoms with E-state index in [0.717, 1.165) is 5.69 Å². The molecule has 0 aromatic carbocycles. The minimum atomic E-state index is 0.690. The number of ether oxygens (including phenoxy) is 1. The van der Waals surface area contributed by atoms with Crippen LogP contribution in [0.25, 0.3) is 0 Å². The predicted molar refractivity (Wildman–Crippen MR) is 57.1 cm³/mol. The van der Waals surface area contributed by atoms with E-state index in [4.69, 9.17) is 4.74 Å².